The van der Waals surface area contributed by atoms with Gasteiger partial charge < -0.3 is 19.4 Å². The van der Waals surface area contributed by atoms with E-state index in [0.717, 1.165) is 18.5 Å². The smallest absolute Gasteiger partial charge is 0.271 e. The summed E-state index contributed by atoms with van der Waals surface area (Å²) in [5.41, 5.74) is 0.805. The van der Waals surface area contributed by atoms with Crippen LogP contribution in [-0.2, 0) is 11.3 Å². The van der Waals surface area contributed by atoms with Crippen LogP contribution in [0.1, 0.15) is 19.4 Å². The van der Waals surface area contributed by atoms with Crippen LogP contribution >= 0.6 is 0 Å². The minimum Gasteiger partial charge on any atom is -0.497 e. The maximum Gasteiger partial charge on any atom is 0.271 e. The highest BCUT2D eigenvalue weighted by Crippen LogP contribution is 2.28. The van der Waals surface area contributed by atoms with Gasteiger partial charge in [-0.3, -0.25) is 9.59 Å². The molecule has 0 aliphatic carbocycles. The molecule has 30 heavy (non-hydrogen) atoms. The molecule has 2 heterocycles. The fraction of sp³-hybridized carbons (Fsp3) is 0.333. The van der Waals surface area contributed by atoms with Gasteiger partial charge in [0, 0.05) is 37.1 Å². The summed E-state index contributed by atoms with van der Waals surface area (Å²) in [5, 5.41) is 7.28. The molecular formula is C21H25N5O4. The molecule has 3 aromatic rings. The first-order chi connectivity index (χ1) is 14.5. The van der Waals surface area contributed by atoms with Crippen LogP contribution in [-0.4, -0.2) is 46.0 Å². The average molecular weight is 411 g/mol. The number of aromatic nitrogens is 4. The number of methoxy groups -OCH3 is 2. The van der Waals surface area contributed by atoms with Gasteiger partial charge in [0.15, 0.2) is 5.75 Å². The zero-order valence-electron chi connectivity index (χ0n) is 17.2. The van der Waals surface area contributed by atoms with Gasteiger partial charge in [0.1, 0.15) is 17.5 Å². The van der Waals surface area contributed by atoms with Gasteiger partial charge >= 0.3 is 0 Å². The van der Waals surface area contributed by atoms with Crippen LogP contribution in [0.4, 0.5) is 0 Å². The molecule has 0 spiro atoms. The Morgan fingerprint density at radius 1 is 1.20 bits per heavy atom. The number of amides is 1. The summed E-state index contributed by atoms with van der Waals surface area (Å²) < 4.78 is 13.6. The Kier molecular flexibility index (Phi) is 6.84. The number of carbonyl (C=O) groups is 1. The highest BCUT2D eigenvalue weighted by atomic mass is 16.5. The fourth-order valence-electron chi connectivity index (χ4n) is 2.99. The van der Waals surface area contributed by atoms with Crippen molar-refractivity contribution in [3.8, 4) is 22.8 Å². The van der Waals surface area contributed by atoms with Gasteiger partial charge in [-0.15, -0.1) is 0 Å². The molecule has 0 bridgehead atoms. The minimum atomic E-state index is -0.770. The number of carbonyl (C=O) groups excluding carboxylic acids is 1. The predicted molar refractivity (Wildman–Crippen MR) is 112 cm³/mol. The van der Waals surface area contributed by atoms with Crippen molar-refractivity contribution in [2.24, 2.45) is 0 Å². The van der Waals surface area contributed by atoms with Crippen LogP contribution in [0.5, 0.6) is 11.5 Å². The molecule has 0 saturated heterocycles. The summed E-state index contributed by atoms with van der Waals surface area (Å²) in [6.45, 7) is 2.87. The Balaban J connectivity index is 1.74. The van der Waals surface area contributed by atoms with Crippen LogP contribution < -0.4 is 20.3 Å². The van der Waals surface area contributed by atoms with Crippen LogP contribution in [0.25, 0.3) is 11.3 Å². The number of nitrogens with zero attached hydrogens (tertiary/aromatic N) is 4. The van der Waals surface area contributed by atoms with Gasteiger partial charge in [0.05, 0.1) is 20.5 Å². The molecule has 0 radical (unpaired) electrons. The predicted octanol–water partition coefficient (Wildman–Crippen LogP) is 1.89. The molecule has 3 rings (SSSR count). The molecule has 1 aromatic carbocycles. The van der Waals surface area contributed by atoms with Crippen molar-refractivity contribution in [3.05, 3.63) is 59.4 Å². The van der Waals surface area contributed by atoms with Crippen LogP contribution in [0.2, 0.25) is 0 Å². The van der Waals surface area contributed by atoms with E-state index in [1.807, 2.05) is 22.9 Å². The Bertz CT molecular complexity index is 1030. The minimum absolute atomic E-state index is 0.277. The molecule has 0 aliphatic heterocycles. The summed E-state index contributed by atoms with van der Waals surface area (Å²) in [7, 11) is 3.06. The number of hydrogen-bond donors (Lipinski definition) is 1. The first-order valence-corrected chi connectivity index (χ1v) is 9.59. The molecule has 158 valence electrons. The van der Waals surface area contributed by atoms with Crippen molar-refractivity contribution >= 4 is 5.91 Å². The molecule has 2 aromatic heterocycles. The lowest BCUT2D eigenvalue weighted by molar-refractivity contribution is -0.124. The highest BCUT2D eigenvalue weighted by Gasteiger charge is 2.20. The topological polar surface area (TPSA) is 100 Å². The maximum absolute atomic E-state index is 12.6. The Labute approximate surface area is 174 Å². The molecule has 0 fully saturated rings. The number of aryl methyl sites for hydroxylation is 1. The zero-order valence-corrected chi connectivity index (χ0v) is 17.2. The van der Waals surface area contributed by atoms with E-state index in [1.54, 1.807) is 38.7 Å². The van der Waals surface area contributed by atoms with Gasteiger partial charge in [0.25, 0.3) is 5.56 Å². The molecule has 1 N–H and O–H groups in total. The third kappa shape index (κ3) is 4.86. The number of nitrogens with one attached hydrogen (secondary N) is 1. The number of ether oxygens (including phenoxy) is 2. The van der Waals surface area contributed by atoms with E-state index >= 15 is 0 Å². The lowest BCUT2D eigenvalue weighted by Gasteiger charge is -2.17. The summed E-state index contributed by atoms with van der Waals surface area (Å²) in [4.78, 5) is 29.1. The van der Waals surface area contributed by atoms with Gasteiger partial charge in [-0.05, 0) is 37.6 Å². The number of rotatable bonds is 9. The third-order valence-corrected chi connectivity index (χ3v) is 4.70. The van der Waals surface area contributed by atoms with Gasteiger partial charge in [-0.25, -0.2) is 9.67 Å². The third-order valence-electron chi connectivity index (χ3n) is 4.70. The van der Waals surface area contributed by atoms with E-state index in [0.29, 0.717) is 23.7 Å². The summed E-state index contributed by atoms with van der Waals surface area (Å²) >= 11 is 0. The van der Waals surface area contributed by atoms with E-state index < -0.39 is 11.6 Å². The summed E-state index contributed by atoms with van der Waals surface area (Å²) in [5.74, 6) is 0.768. The van der Waals surface area contributed by atoms with E-state index in [4.69, 9.17) is 9.47 Å². The normalized spacial score (nSPS) is 11.7. The van der Waals surface area contributed by atoms with Crippen molar-refractivity contribution in [1.29, 1.82) is 0 Å². The number of hydrogen-bond acceptors (Lipinski definition) is 6. The fourth-order valence-corrected chi connectivity index (χ4v) is 2.99. The lowest BCUT2D eigenvalue weighted by atomic mass is 10.1. The Morgan fingerprint density at radius 2 is 1.97 bits per heavy atom. The van der Waals surface area contributed by atoms with E-state index in [2.05, 4.69) is 15.4 Å². The number of imidazole rings is 1. The van der Waals surface area contributed by atoms with Crippen LogP contribution in [0, 0.1) is 0 Å². The SMILES string of the molecule is COc1ccc(-c2nn(C(C)C(=O)NCCCn3ccnc3)c(=O)cc2OC)cc1. The summed E-state index contributed by atoms with van der Waals surface area (Å²) in [6, 6.07) is 7.80. The molecule has 1 unspecified atom stereocenters. The molecule has 0 saturated carbocycles. The molecule has 1 atom stereocenters. The van der Waals surface area contributed by atoms with Gasteiger partial charge in [0.2, 0.25) is 5.91 Å². The second kappa shape index (κ2) is 9.73. The van der Waals surface area contributed by atoms with Gasteiger partial charge in [-0.1, -0.05) is 0 Å². The standard InChI is InChI=1S/C21H25N5O4/c1-15(21(28)23-9-4-11-25-12-10-22-14-25)26-19(27)13-18(30-3)20(24-26)16-5-7-17(29-2)8-6-16/h5-8,10,12-15H,4,9,11H2,1-3H3,(H,23,28). The second-order valence-corrected chi connectivity index (χ2v) is 6.69. The van der Waals surface area contributed by atoms with Crippen molar-refractivity contribution in [2.45, 2.75) is 25.9 Å². The molecule has 0 aliphatic rings. The molecular weight excluding hydrogens is 386 g/mol. The van der Waals surface area contributed by atoms with Crippen molar-refractivity contribution in [2.75, 3.05) is 20.8 Å². The van der Waals surface area contributed by atoms with Crippen LogP contribution in [0.15, 0.2) is 53.8 Å². The van der Waals surface area contributed by atoms with E-state index in [-0.39, 0.29) is 5.91 Å². The maximum atomic E-state index is 12.6. The average Bonchev–Trinajstić information content (AvgIpc) is 3.29. The lowest BCUT2D eigenvalue weighted by Crippen LogP contribution is -2.37. The first-order valence-electron chi connectivity index (χ1n) is 9.59. The zero-order chi connectivity index (χ0) is 21.5. The Morgan fingerprint density at radius 3 is 2.60 bits per heavy atom. The molecule has 1 amide bonds. The van der Waals surface area contributed by atoms with E-state index in [1.165, 1.54) is 17.9 Å². The van der Waals surface area contributed by atoms with E-state index in [9.17, 15) is 9.59 Å². The quantitative estimate of drug-likeness (QED) is 0.540. The van der Waals surface area contributed by atoms with Crippen molar-refractivity contribution < 1.29 is 14.3 Å². The summed E-state index contributed by atoms with van der Waals surface area (Å²) in [6.07, 6.45) is 6.05. The van der Waals surface area contributed by atoms with Crippen molar-refractivity contribution in [1.82, 2.24) is 24.6 Å². The van der Waals surface area contributed by atoms with Gasteiger partial charge in [-0.2, -0.15) is 5.10 Å². The largest absolute Gasteiger partial charge is 0.497 e. The van der Waals surface area contributed by atoms with Crippen molar-refractivity contribution in [3.63, 3.8) is 0 Å². The first kappa shape index (κ1) is 21.1. The number of benzene rings is 1. The molecule has 9 heteroatoms. The highest BCUT2D eigenvalue weighted by molar-refractivity contribution is 5.79. The monoisotopic (exact) mass is 411 g/mol. The Hall–Kier alpha value is -3.62. The molecule has 9 nitrogen and oxygen atoms in total. The van der Waals surface area contributed by atoms with Crippen LogP contribution in [0.3, 0.4) is 0 Å². The second-order valence-electron chi connectivity index (χ2n) is 6.69.